The van der Waals surface area contributed by atoms with Crippen LogP contribution in [0.3, 0.4) is 0 Å². The summed E-state index contributed by atoms with van der Waals surface area (Å²) in [6.45, 7) is 1.47. The summed E-state index contributed by atoms with van der Waals surface area (Å²) >= 11 is -1.26. The number of hydrogen-bond acceptors (Lipinski definition) is 4. The lowest BCUT2D eigenvalue weighted by molar-refractivity contribution is -0.157. The van der Waals surface area contributed by atoms with Crippen LogP contribution in [0.5, 0.6) is 0 Å². The minimum Gasteiger partial charge on any atom is -0.598 e. The van der Waals surface area contributed by atoms with E-state index in [-0.39, 0.29) is 29.8 Å². The largest absolute Gasteiger partial charge is 0.598 e. The summed E-state index contributed by atoms with van der Waals surface area (Å²) in [4.78, 5) is 14.7. The van der Waals surface area contributed by atoms with Crippen molar-refractivity contribution in [2.45, 2.75) is 69.2 Å². The molecule has 2 bridgehead atoms. The lowest BCUT2D eigenvalue weighted by Gasteiger charge is -2.57. The standard InChI is InChI=1S/C26H31FN2O3S/c1-15(30)26(31)29-21-12-20(13-21)25(28-33(2)32)23(29)14-19-7-4-8-22(24(19)27)18-6-3-5-17(11-18)16-9-10-16/h3-8,11,15-16,20-21,23,25,28,30H,9-10,12-14H2,1-2H3/t15-,20?,21?,23+,25+,33?/m1/s1. The zero-order valence-electron chi connectivity index (χ0n) is 19.0. The average Bonchev–Trinajstić information content (AvgIpc) is 3.59. The quantitative estimate of drug-likeness (QED) is 0.607. The maximum Gasteiger partial charge on any atom is 0.251 e. The fourth-order valence-corrected chi connectivity index (χ4v) is 6.35. The first-order chi connectivity index (χ1) is 15.8. The van der Waals surface area contributed by atoms with Gasteiger partial charge in [-0.05, 0) is 67.6 Å². The van der Waals surface area contributed by atoms with Gasteiger partial charge in [0.25, 0.3) is 5.91 Å². The van der Waals surface area contributed by atoms with Gasteiger partial charge >= 0.3 is 0 Å². The van der Waals surface area contributed by atoms with E-state index in [1.165, 1.54) is 25.3 Å². The zero-order valence-corrected chi connectivity index (χ0v) is 19.9. The van der Waals surface area contributed by atoms with E-state index in [1.807, 2.05) is 18.2 Å². The predicted molar refractivity (Wildman–Crippen MR) is 127 cm³/mol. The molecule has 0 aromatic heterocycles. The highest BCUT2D eigenvalue weighted by Crippen LogP contribution is 2.45. The maximum absolute atomic E-state index is 15.8. The monoisotopic (exact) mass is 470 g/mol. The van der Waals surface area contributed by atoms with Gasteiger partial charge in [0.1, 0.15) is 18.2 Å². The third kappa shape index (κ3) is 4.44. The Morgan fingerprint density at radius 3 is 2.67 bits per heavy atom. The lowest BCUT2D eigenvalue weighted by Crippen LogP contribution is -2.71. The van der Waals surface area contributed by atoms with Gasteiger partial charge in [-0.25, -0.2) is 4.39 Å². The first-order valence-electron chi connectivity index (χ1n) is 11.8. The van der Waals surface area contributed by atoms with Gasteiger partial charge in [-0.1, -0.05) is 42.5 Å². The molecule has 33 heavy (non-hydrogen) atoms. The molecule has 6 rings (SSSR count). The van der Waals surface area contributed by atoms with Crippen molar-refractivity contribution in [3.8, 4) is 11.1 Å². The molecule has 2 N–H and O–H groups in total. The molecule has 0 spiro atoms. The van der Waals surface area contributed by atoms with Gasteiger partial charge in [0.2, 0.25) is 0 Å². The Kier molecular flexibility index (Phi) is 6.25. The van der Waals surface area contributed by atoms with Gasteiger partial charge in [0, 0.05) is 23.0 Å². The van der Waals surface area contributed by atoms with Crippen LogP contribution in [0.4, 0.5) is 4.39 Å². The van der Waals surface area contributed by atoms with E-state index in [4.69, 9.17) is 0 Å². The van der Waals surface area contributed by atoms with Crippen LogP contribution < -0.4 is 4.72 Å². The maximum atomic E-state index is 15.8. The van der Waals surface area contributed by atoms with Crippen molar-refractivity contribution in [1.29, 1.82) is 0 Å². The number of amides is 1. The van der Waals surface area contributed by atoms with Crippen LogP contribution in [-0.4, -0.2) is 51.0 Å². The molecule has 4 atom stereocenters. The van der Waals surface area contributed by atoms with E-state index in [0.717, 1.165) is 18.4 Å². The molecule has 4 fully saturated rings. The van der Waals surface area contributed by atoms with Crippen LogP contribution in [0.25, 0.3) is 11.1 Å². The molecule has 1 unspecified atom stereocenters. The molecule has 0 radical (unpaired) electrons. The molecule has 2 aromatic carbocycles. The minimum absolute atomic E-state index is 0.0481. The van der Waals surface area contributed by atoms with Gasteiger partial charge in [-0.2, -0.15) is 0 Å². The van der Waals surface area contributed by atoms with Crippen LogP contribution in [0, 0.1) is 11.7 Å². The number of piperidine rings is 2. The van der Waals surface area contributed by atoms with E-state index in [2.05, 4.69) is 16.9 Å². The Labute approximate surface area is 197 Å². The second kappa shape index (κ2) is 9.02. The van der Waals surface area contributed by atoms with E-state index in [0.29, 0.717) is 29.4 Å². The number of rotatable bonds is 7. The van der Waals surface area contributed by atoms with Crippen molar-refractivity contribution < 1.29 is 18.8 Å². The van der Waals surface area contributed by atoms with Crippen LogP contribution in [-0.2, 0) is 22.6 Å². The molecular formula is C26H31FN2O3S. The molecule has 2 saturated heterocycles. The molecule has 2 saturated carbocycles. The zero-order chi connectivity index (χ0) is 23.3. The minimum atomic E-state index is -1.26. The molecule has 5 nitrogen and oxygen atoms in total. The summed E-state index contributed by atoms with van der Waals surface area (Å²) in [5.74, 6) is 0.270. The normalized spacial score (nSPS) is 28.2. The lowest BCUT2D eigenvalue weighted by atomic mass is 9.66. The van der Waals surface area contributed by atoms with Gasteiger partial charge < -0.3 is 14.6 Å². The van der Waals surface area contributed by atoms with E-state index < -0.39 is 17.5 Å². The number of halogens is 1. The number of aliphatic hydroxyl groups is 1. The van der Waals surface area contributed by atoms with Crippen molar-refractivity contribution in [2.75, 3.05) is 6.26 Å². The van der Waals surface area contributed by atoms with Crippen molar-refractivity contribution in [2.24, 2.45) is 5.92 Å². The summed E-state index contributed by atoms with van der Waals surface area (Å²) in [5, 5.41) is 10.0. The molecule has 176 valence electrons. The highest BCUT2D eigenvalue weighted by Gasteiger charge is 2.54. The topological polar surface area (TPSA) is 75.6 Å². The first kappa shape index (κ1) is 22.8. The number of benzene rings is 2. The molecule has 2 aliphatic heterocycles. The molecule has 2 aromatic rings. The number of hydrogen-bond donors (Lipinski definition) is 2. The summed E-state index contributed by atoms with van der Waals surface area (Å²) in [5.41, 5.74) is 3.22. The fourth-order valence-electron chi connectivity index (χ4n) is 5.62. The summed E-state index contributed by atoms with van der Waals surface area (Å²) in [6, 6.07) is 13.0. The Hall–Kier alpha value is -1.93. The number of carbonyl (C=O) groups is 1. The SMILES string of the molecule is C[C@@H](O)C(=O)N1C2CC(C2)[C@H](N[S+](C)[O-])[C@@H]1Cc1cccc(-c2cccc(C3CC3)c2)c1F. The number of nitrogens with one attached hydrogen (secondary N) is 1. The molecule has 2 aliphatic carbocycles. The van der Waals surface area contributed by atoms with Crippen LogP contribution in [0.15, 0.2) is 42.5 Å². The summed E-state index contributed by atoms with van der Waals surface area (Å²) < 4.78 is 31.0. The van der Waals surface area contributed by atoms with Gasteiger partial charge in [-0.3, -0.25) is 4.79 Å². The van der Waals surface area contributed by atoms with Gasteiger partial charge in [-0.15, -0.1) is 4.72 Å². The van der Waals surface area contributed by atoms with Crippen LogP contribution in [0.1, 0.15) is 49.7 Å². The fraction of sp³-hybridized carbons (Fsp3) is 0.500. The molecule has 4 aliphatic rings. The van der Waals surface area contributed by atoms with E-state index >= 15 is 4.39 Å². The predicted octanol–water partition coefficient (Wildman–Crippen LogP) is 3.53. The van der Waals surface area contributed by atoms with E-state index in [1.54, 1.807) is 23.3 Å². The average molecular weight is 471 g/mol. The highest BCUT2D eigenvalue weighted by molar-refractivity contribution is 7.88. The Bertz CT molecular complexity index is 1040. The number of fused-ring (bicyclic) bond motifs is 2. The number of carbonyl (C=O) groups excluding carboxylic acids is 1. The summed E-state index contributed by atoms with van der Waals surface area (Å²) in [7, 11) is 0. The third-order valence-corrected chi connectivity index (χ3v) is 8.09. The smallest absolute Gasteiger partial charge is 0.251 e. The Morgan fingerprint density at radius 2 is 2.00 bits per heavy atom. The molecular weight excluding hydrogens is 439 g/mol. The van der Waals surface area contributed by atoms with Crippen LogP contribution in [0.2, 0.25) is 0 Å². The first-order valence-corrected chi connectivity index (χ1v) is 13.4. The summed E-state index contributed by atoms with van der Waals surface area (Å²) in [6.07, 6.45) is 4.78. The second-order valence-electron chi connectivity index (χ2n) is 9.85. The van der Waals surface area contributed by atoms with Crippen molar-refractivity contribution in [3.63, 3.8) is 0 Å². The molecule has 1 amide bonds. The van der Waals surface area contributed by atoms with Gasteiger partial charge in [0.05, 0.1) is 12.1 Å². The van der Waals surface area contributed by atoms with Gasteiger partial charge in [0.15, 0.2) is 0 Å². The van der Waals surface area contributed by atoms with Crippen molar-refractivity contribution in [3.05, 3.63) is 59.4 Å². The highest BCUT2D eigenvalue weighted by atomic mass is 32.2. The molecule has 7 heteroatoms. The second-order valence-corrected chi connectivity index (χ2v) is 11.0. The van der Waals surface area contributed by atoms with Crippen molar-refractivity contribution >= 4 is 17.3 Å². The van der Waals surface area contributed by atoms with Crippen LogP contribution >= 0.6 is 0 Å². The Balaban J connectivity index is 1.47. The molecule has 2 heterocycles. The Morgan fingerprint density at radius 1 is 1.27 bits per heavy atom. The van der Waals surface area contributed by atoms with Crippen molar-refractivity contribution in [1.82, 2.24) is 9.62 Å². The number of aliphatic hydroxyl groups excluding tert-OH is 1. The van der Waals surface area contributed by atoms with E-state index in [9.17, 15) is 14.5 Å². The number of nitrogens with zero attached hydrogens (tertiary/aromatic N) is 1. The third-order valence-electron chi connectivity index (χ3n) is 7.49.